The minimum absolute atomic E-state index is 0.0710. The first-order chi connectivity index (χ1) is 12.9. The Morgan fingerprint density at radius 3 is 2.56 bits per heavy atom. The fraction of sp³-hybridized carbons (Fsp3) is 0.333. The Balaban J connectivity index is 1.87. The van der Waals surface area contributed by atoms with Crippen molar-refractivity contribution in [1.29, 1.82) is 0 Å². The smallest absolute Gasteiger partial charge is 0.211 e. The summed E-state index contributed by atoms with van der Waals surface area (Å²) in [5.74, 6) is 0. The molecular formula is C21H25NO4S. The van der Waals surface area contributed by atoms with Crippen molar-refractivity contribution in [2.75, 3.05) is 26.3 Å². The maximum Gasteiger partial charge on any atom is 0.211 e. The molecule has 0 unspecified atom stereocenters. The Morgan fingerprint density at radius 2 is 1.85 bits per heavy atom. The van der Waals surface area contributed by atoms with Crippen LogP contribution in [-0.2, 0) is 25.9 Å². The zero-order chi connectivity index (χ0) is 19.3. The van der Waals surface area contributed by atoms with Gasteiger partial charge in [-0.25, -0.2) is 8.42 Å². The van der Waals surface area contributed by atoms with E-state index in [-0.39, 0.29) is 24.7 Å². The van der Waals surface area contributed by atoms with Gasteiger partial charge in [-0.05, 0) is 30.2 Å². The van der Waals surface area contributed by atoms with Crippen LogP contribution in [0.25, 0.3) is 0 Å². The van der Waals surface area contributed by atoms with Crippen molar-refractivity contribution in [3.8, 4) is 0 Å². The lowest BCUT2D eigenvalue weighted by Gasteiger charge is -2.32. The Kier molecular flexibility index (Phi) is 6.11. The van der Waals surface area contributed by atoms with Gasteiger partial charge in [-0.15, -0.1) is 0 Å². The summed E-state index contributed by atoms with van der Waals surface area (Å²) in [6, 6.07) is 16.5. The Morgan fingerprint density at radius 1 is 1.15 bits per heavy atom. The summed E-state index contributed by atoms with van der Waals surface area (Å²) in [5.41, 5.74) is 2.78. The van der Waals surface area contributed by atoms with Crippen molar-refractivity contribution in [2.45, 2.75) is 23.4 Å². The summed E-state index contributed by atoms with van der Waals surface area (Å²) in [6.45, 7) is 6.90. The van der Waals surface area contributed by atoms with Crippen LogP contribution in [0.2, 0.25) is 0 Å². The molecule has 5 nitrogen and oxygen atoms in total. The van der Waals surface area contributed by atoms with Crippen LogP contribution in [0, 0.1) is 6.92 Å². The second-order valence-electron chi connectivity index (χ2n) is 6.85. The van der Waals surface area contributed by atoms with Crippen LogP contribution in [0.3, 0.4) is 0 Å². The van der Waals surface area contributed by atoms with Crippen LogP contribution < -0.4 is 5.32 Å². The SMILES string of the molecule is C=C1CNC[C@@](COCc2ccccc2)(S(=O)(=O)c2ccc(C)cc2)OC1. The highest BCUT2D eigenvalue weighted by molar-refractivity contribution is 7.92. The van der Waals surface area contributed by atoms with E-state index in [0.717, 1.165) is 16.7 Å². The normalized spacial score (nSPS) is 21.0. The average Bonchev–Trinajstić information content (AvgIpc) is 2.86. The highest BCUT2D eigenvalue weighted by Crippen LogP contribution is 2.30. The largest absolute Gasteiger partial charge is 0.373 e. The molecule has 0 radical (unpaired) electrons. The van der Waals surface area contributed by atoms with E-state index in [2.05, 4.69) is 11.9 Å². The molecule has 1 aliphatic heterocycles. The lowest BCUT2D eigenvalue weighted by atomic mass is 10.2. The first kappa shape index (κ1) is 19.8. The van der Waals surface area contributed by atoms with E-state index in [1.54, 1.807) is 24.3 Å². The van der Waals surface area contributed by atoms with E-state index in [1.807, 2.05) is 37.3 Å². The van der Waals surface area contributed by atoms with Gasteiger partial charge in [0.25, 0.3) is 0 Å². The van der Waals surface area contributed by atoms with E-state index in [1.165, 1.54) is 0 Å². The molecule has 3 rings (SSSR count). The van der Waals surface area contributed by atoms with Gasteiger partial charge in [-0.1, -0.05) is 54.6 Å². The van der Waals surface area contributed by atoms with E-state index in [9.17, 15) is 8.42 Å². The number of nitrogens with one attached hydrogen (secondary N) is 1. The number of hydrogen-bond acceptors (Lipinski definition) is 5. The number of aryl methyl sites for hydroxylation is 1. The van der Waals surface area contributed by atoms with E-state index >= 15 is 0 Å². The molecule has 1 saturated heterocycles. The summed E-state index contributed by atoms with van der Waals surface area (Å²) in [7, 11) is -3.79. The third-order valence-electron chi connectivity index (χ3n) is 4.56. The van der Waals surface area contributed by atoms with Gasteiger partial charge in [-0.3, -0.25) is 0 Å². The third-order valence-corrected chi connectivity index (χ3v) is 6.82. The van der Waals surface area contributed by atoms with E-state index in [0.29, 0.717) is 13.2 Å². The fourth-order valence-corrected chi connectivity index (χ4v) is 4.61. The molecule has 0 aliphatic carbocycles. The Hall–Kier alpha value is -1.99. The van der Waals surface area contributed by atoms with Gasteiger partial charge in [0.2, 0.25) is 14.8 Å². The molecule has 0 amide bonds. The molecule has 0 saturated carbocycles. The van der Waals surface area contributed by atoms with E-state index < -0.39 is 14.8 Å². The maximum atomic E-state index is 13.4. The van der Waals surface area contributed by atoms with E-state index in [4.69, 9.17) is 9.47 Å². The zero-order valence-corrected chi connectivity index (χ0v) is 16.3. The van der Waals surface area contributed by atoms with Crippen LogP contribution in [0.5, 0.6) is 0 Å². The van der Waals surface area contributed by atoms with Gasteiger partial charge < -0.3 is 14.8 Å². The standard InChI is InChI=1S/C21H25NO4S/c1-17-8-10-20(11-9-17)27(23,24)21(15-22-12-18(2)13-26-21)16-25-14-19-6-4-3-5-7-19/h3-11,22H,2,12-16H2,1H3/t21-/m0/s1. The predicted molar refractivity (Wildman–Crippen MR) is 105 cm³/mol. The molecule has 0 spiro atoms. The molecule has 1 N–H and O–H groups in total. The first-order valence-corrected chi connectivity index (χ1v) is 10.4. The van der Waals surface area contributed by atoms with Crippen molar-refractivity contribution in [2.24, 2.45) is 0 Å². The lowest BCUT2D eigenvalue weighted by Crippen LogP contribution is -2.52. The molecule has 1 aliphatic rings. The summed E-state index contributed by atoms with van der Waals surface area (Å²) in [4.78, 5) is -1.28. The fourth-order valence-electron chi connectivity index (χ4n) is 2.94. The summed E-state index contributed by atoms with van der Waals surface area (Å²) < 4.78 is 38.6. The second kappa shape index (κ2) is 8.35. The molecule has 6 heteroatoms. The minimum atomic E-state index is -3.79. The molecular weight excluding hydrogens is 362 g/mol. The Labute approximate surface area is 160 Å². The van der Waals surface area contributed by atoms with Crippen molar-refractivity contribution in [3.05, 3.63) is 77.9 Å². The van der Waals surface area contributed by atoms with Gasteiger partial charge >= 0.3 is 0 Å². The quantitative estimate of drug-likeness (QED) is 0.772. The predicted octanol–water partition coefficient (Wildman–Crippen LogP) is 2.86. The van der Waals surface area contributed by atoms with Crippen molar-refractivity contribution in [3.63, 3.8) is 0 Å². The molecule has 1 atom stereocenters. The highest BCUT2D eigenvalue weighted by Gasteiger charge is 2.47. The van der Waals surface area contributed by atoms with Crippen molar-refractivity contribution in [1.82, 2.24) is 5.32 Å². The summed E-state index contributed by atoms with van der Waals surface area (Å²) >= 11 is 0. The first-order valence-electron chi connectivity index (χ1n) is 8.87. The summed E-state index contributed by atoms with van der Waals surface area (Å²) in [5, 5.41) is 3.14. The minimum Gasteiger partial charge on any atom is -0.373 e. The lowest BCUT2D eigenvalue weighted by molar-refractivity contribution is -0.0350. The monoisotopic (exact) mass is 387 g/mol. The van der Waals surface area contributed by atoms with Crippen molar-refractivity contribution >= 4 is 9.84 Å². The number of benzene rings is 2. The zero-order valence-electron chi connectivity index (χ0n) is 15.5. The number of hydrogen-bond donors (Lipinski definition) is 1. The van der Waals surface area contributed by atoms with Gasteiger partial charge in [0.1, 0.15) is 0 Å². The molecule has 0 bridgehead atoms. The number of rotatable bonds is 6. The van der Waals surface area contributed by atoms with Crippen molar-refractivity contribution < 1.29 is 17.9 Å². The highest BCUT2D eigenvalue weighted by atomic mass is 32.2. The second-order valence-corrected chi connectivity index (χ2v) is 9.07. The van der Waals surface area contributed by atoms with Crippen LogP contribution in [0.4, 0.5) is 0 Å². The van der Waals surface area contributed by atoms with Crippen LogP contribution in [0.15, 0.2) is 71.6 Å². The van der Waals surface area contributed by atoms with Gasteiger partial charge in [-0.2, -0.15) is 0 Å². The van der Waals surface area contributed by atoms with Gasteiger partial charge in [0.05, 0.1) is 24.7 Å². The van der Waals surface area contributed by atoms with Crippen LogP contribution in [0.1, 0.15) is 11.1 Å². The average molecular weight is 388 g/mol. The summed E-state index contributed by atoms with van der Waals surface area (Å²) in [6.07, 6.45) is 0. The van der Waals surface area contributed by atoms with Gasteiger partial charge in [0, 0.05) is 13.1 Å². The maximum absolute atomic E-state index is 13.4. The molecule has 1 fully saturated rings. The molecule has 1 heterocycles. The number of sulfone groups is 1. The number of ether oxygens (including phenoxy) is 2. The molecule has 2 aromatic rings. The molecule has 0 aromatic heterocycles. The Bertz CT molecular complexity index is 878. The molecule has 27 heavy (non-hydrogen) atoms. The van der Waals surface area contributed by atoms with Gasteiger partial charge in [0.15, 0.2) is 0 Å². The molecule has 144 valence electrons. The van der Waals surface area contributed by atoms with Crippen LogP contribution in [-0.4, -0.2) is 39.7 Å². The topological polar surface area (TPSA) is 64.6 Å². The van der Waals surface area contributed by atoms with Crippen LogP contribution >= 0.6 is 0 Å². The molecule has 2 aromatic carbocycles. The third kappa shape index (κ3) is 4.47.